The van der Waals surface area contributed by atoms with Crippen LogP contribution in [0.15, 0.2) is 53.1 Å². The molecule has 0 unspecified atom stereocenters. The van der Waals surface area contributed by atoms with Gasteiger partial charge in [0.2, 0.25) is 11.6 Å². The quantitative estimate of drug-likeness (QED) is 0.575. The Bertz CT molecular complexity index is 966. The molecule has 0 aliphatic carbocycles. The van der Waals surface area contributed by atoms with E-state index in [0.717, 1.165) is 16.8 Å². The molecule has 0 bridgehead atoms. The molecule has 0 atom stereocenters. The molecular weight excluding hydrogens is 294 g/mol. The molecule has 2 aromatic heterocycles. The summed E-state index contributed by atoms with van der Waals surface area (Å²) in [6.45, 7) is 0. The van der Waals surface area contributed by atoms with Crippen LogP contribution in [0.1, 0.15) is 0 Å². The Kier molecular flexibility index (Phi) is 3.16. The van der Waals surface area contributed by atoms with Crippen molar-refractivity contribution in [3.05, 3.63) is 48.5 Å². The van der Waals surface area contributed by atoms with Crippen LogP contribution in [0.5, 0.6) is 5.75 Å². The fraction of sp³-hybridized carbons (Fsp3) is 0.0625. The van der Waals surface area contributed by atoms with Crippen molar-refractivity contribution in [2.24, 2.45) is 0 Å². The lowest BCUT2D eigenvalue weighted by Gasteiger charge is -1.99. The molecule has 0 amide bonds. The van der Waals surface area contributed by atoms with E-state index >= 15 is 0 Å². The van der Waals surface area contributed by atoms with Gasteiger partial charge in [0.05, 0.1) is 12.6 Å². The number of benzene rings is 2. The summed E-state index contributed by atoms with van der Waals surface area (Å²) in [5.74, 6) is 1.75. The highest BCUT2D eigenvalue weighted by Gasteiger charge is 2.14. The number of hydrogen-bond donors (Lipinski definition) is 0. The lowest BCUT2D eigenvalue weighted by Crippen LogP contribution is -1.94. The van der Waals surface area contributed by atoms with Crippen LogP contribution in [0.4, 0.5) is 0 Å². The summed E-state index contributed by atoms with van der Waals surface area (Å²) in [6.07, 6.45) is 0. The van der Waals surface area contributed by atoms with E-state index in [4.69, 9.17) is 9.26 Å². The first kappa shape index (κ1) is 13.3. The molecule has 0 saturated carbocycles. The minimum Gasteiger partial charge on any atom is -0.497 e. The smallest absolute Gasteiger partial charge is 0.297 e. The monoisotopic (exact) mass is 305 g/mol. The van der Waals surface area contributed by atoms with Crippen molar-refractivity contribution in [3.63, 3.8) is 0 Å². The number of ether oxygens (including phenoxy) is 1. The molecular formula is C16H11N5O2. The first-order chi connectivity index (χ1) is 11.3. The van der Waals surface area contributed by atoms with E-state index in [1.54, 1.807) is 7.11 Å². The van der Waals surface area contributed by atoms with Gasteiger partial charge in [-0.2, -0.15) is 4.98 Å². The van der Waals surface area contributed by atoms with Crippen molar-refractivity contribution in [2.75, 3.05) is 7.11 Å². The van der Waals surface area contributed by atoms with Gasteiger partial charge in [-0.1, -0.05) is 17.3 Å². The molecule has 23 heavy (non-hydrogen) atoms. The predicted molar refractivity (Wildman–Crippen MR) is 82.6 cm³/mol. The zero-order chi connectivity index (χ0) is 15.6. The van der Waals surface area contributed by atoms with Gasteiger partial charge < -0.3 is 9.26 Å². The van der Waals surface area contributed by atoms with Crippen LogP contribution in [0.25, 0.3) is 34.1 Å². The molecule has 0 fully saturated rings. The summed E-state index contributed by atoms with van der Waals surface area (Å²) in [5, 5.41) is 12.1. The molecule has 0 aliphatic rings. The second kappa shape index (κ2) is 5.45. The SMILES string of the molecule is COc1ccc(-c2noc(-c3nnc4ccccc4n3)n2)cc1. The van der Waals surface area contributed by atoms with Crippen LogP contribution < -0.4 is 4.74 Å². The number of aromatic nitrogens is 5. The molecule has 0 aliphatic heterocycles. The van der Waals surface area contributed by atoms with Gasteiger partial charge in [-0.05, 0) is 36.4 Å². The van der Waals surface area contributed by atoms with Crippen LogP contribution in [-0.4, -0.2) is 32.4 Å². The Balaban J connectivity index is 1.70. The lowest BCUT2D eigenvalue weighted by atomic mass is 10.2. The summed E-state index contributed by atoms with van der Waals surface area (Å²) >= 11 is 0. The first-order valence-corrected chi connectivity index (χ1v) is 6.91. The molecule has 7 nitrogen and oxygen atoms in total. The van der Waals surface area contributed by atoms with Crippen LogP contribution in [0.3, 0.4) is 0 Å². The van der Waals surface area contributed by atoms with E-state index in [1.807, 2.05) is 48.5 Å². The minimum absolute atomic E-state index is 0.231. The van der Waals surface area contributed by atoms with Crippen LogP contribution in [0.2, 0.25) is 0 Å². The second-order valence-electron chi connectivity index (χ2n) is 4.78. The van der Waals surface area contributed by atoms with E-state index in [1.165, 1.54) is 0 Å². The summed E-state index contributed by atoms with van der Waals surface area (Å²) < 4.78 is 10.4. The largest absolute Gasteiger partial charge is 0.497 e. The molecule has 4 aromatic rings. The van der Waals surface area contributed by atoms with Crippen molar-refractivity contribution in [3.8, 4) is 28.9 Å². The molecule has 2 aromatic carbocycles. The summed E-state index contributed by atoms with van der Waals surface area (Å²) in [4.78, 5) is 8.72. The number of rotatable bonds is 3. The molecule has 0 radical (unpaired) electrons. The Morgan fingerprint density at radius 1 is 0.826 bits per heavy atom. The average Bonchev–Trinajstić information content (AvgIpc) is 3.11. The Hall–Kier alpha value is -3.35. The highest BCUT2D eigenvalue weighted by molar-refractivity contribution is 5.74. The van der Waals surface area contributed by atoms with Gasteiger partial charge in [0.15, 0.2) is 0 Å². The maximum Gasteiger partial charge on any atom is 0.297 e. The second-order valence-corrected chi connectivity index (χ2v) is 4.78. The zero-order valence-corrected chi connectivity index (χ0v) is 12.2. The van der Waals surface area contributed by atoms with Crippen LogP contribution >= 0.6 is 0 Å². The molecule has 4 rings (SSSR count). The van der Waals surface area contributed by atoms with Crippen LogP contribution in [-0.2, 0) is 0 Å². The highest BCUT2D eigenvalue weighted by atomic mass is 16.5. The molecule has 0 saturated heterocycles. The summed E-state index contributed by atoms with van der Waals surface area (Å²) in [7, 11) is 1.62. The molecule has 112 valence electrons. The number of fused-ring (bicyclic) bond motifs is 1. The van der Waals surface area contributed by atoms with E-state index in [-0.39, 0.29) is 5.89 Å². The molecule has 0 N–H and O–H groups in total. The molecule has 2 heterocycles. The van der Waals surface area contributed by atoms with Crippen molar-refractivity contribution in [1.29, 1.82) is 0 Å². The van der Waals surface area contributed by atoms with Gasteiger partial charge >= 0.3 is 0 Å². The topological polar surface area (TPSA) is 86.8 Å². The van der Waals surface area contributed by atoms with Gasteiger partial charge in [-0.25, -0.2) is 4.98 Å². The fourth-order valence-electron chi connectivity index (χ4n) is 2.14. The third-order valence-electron chi connectivity index (χ3n) is 3.33. The van der Waals surface area contributed by atoms with Gasteiger partial charge in [-0.15, -0.1) is 10.2 Å². The third-order valence-corrected chi connectivity index (χ3v) is 3.33. The maximum absolute atomic E-state index is 5.25. The minimum atomic E-state index is 0.231. The summed E-state index contributed by atoms with van der Waals surface area (Å²) in [5.41, 5.74) is 2.25. The lowest BCUT2D eigenvalue weighted by molar-refractivity contribution is 0.414. The predicted octanol–water partition coefficient (Wildman–Crippen LogP) is 2.75. The van der Waals surface area contributed by atoms with E-state index in [0.29, 0.717) is 17.2 Å². The van der Waals surface area contributed by atoms with Crippen molar-refractivity contribution >= 4 is 11.0 Å². The number of hydrogen-bond acceptors (Lipinski definition) is 7. The third kappa shape index (κ3) is 2.48. The van der Waals surface area contributed by atoms with Gasteiger partial charge in [0.25, 0.3) is 5.89 Å². The number of nitrogens with zero attached hydrogens (tertiary/aromatic N) is 5. The normalized spacial score (nSPS) is 10.8. The zero-order valence-electron chi connectivity index (χ0n) is 12.2. The van der Waals surface area contributed by atoms with E-state index in [2.05, 4.69) is 25.3 Å². The standard InChI is InChI=1S/C16H11N5O2/c1-22-11-8-6-10(7-9-11)14-18-16(23-21-14)15-17-12-4-2-3-5-13(12)19-20-15/h2-9H,1H3. The molecule has 7 heteroatoms. The summed E-state index contributed by atoms with van der Waals surface area (Å²) in [6, 6.07) is 14.8. The Morgan fingerprint density at radius 3 is 2.39 bits per heavy atom. The van der Waals surface area contributed by atoms with Crippen molar-refractivity contribution < 1.29 is 9.26 Å². The highest BCUT2D eigenvalue weighted by Crippen LogP contribution is 2.22. The van der Waals surface area contributed by atoms with E-state index in [9.17, 15) is 0 Å². The van der Waals surface area contributed by atoms with Gasteiger partial charge in [0, 0.05) is 5.56 Å². The maximum atomic E-state index is 5.25. The van der Waals surface area contributed by atoms with Crippen LogP contribution in [0, 0.1) is 0 Å². The van der Waals surface area contributed by atoms with E-state index < -0.39 is 0 Å². The average molecular weight is 305 g/mol. The van der Waals surface area contributed by atoms with Crippen molar-refractivity contribution in [1.82, 2.24) is 25.3 Å². The Labute approximate surface area is 131 Å². The van der Waals surface area contributed by atoms with Gasteiger partial charge in [-0.3, -0.25) is 0 Å². The number of para-hydroxylation sites is 1. The Morgan fingerprint density at radius 2 is 1.61 bits per heavy atom. The first-order valence-electron chi connectivity index (χ1n) is 6.91. The molecule has 0 spiro atoms. The fourth-order valence-corrected chi connectivity index (χ4v) is 2.14. The van der Waals surface area contributed by atoms with Gasteiger partial charge in [0.1, 0.15) is 11.3 Å². The van der Waals surface area contributed by atoms with Crippen molar-refractivity contribution in [2.45, 2.75) is 0 Å². The number of methoxy groups -OCH3 is 1.